The normalized spacial score (nSPS) is 12.6. The molecule has 0 aliphatic rings. The van der Waals surface area contributed by atoms with Crippen LogP contribution in [0.4, 0.5) is 0 Å². The summed E-state index contributed by atoms with van der Waals surface area (Å²) in [6, 6.07) is 13.3. The lowest BCUT2D eigenvalue weighted by molar-refractivity contribution is 0.524. The van der Waals surface area contributed by atoms with Crippen molar-refractivity contribution < 1.29 is 0 Å². The van der Waals surface area contributed by atoms with Crippen LogP contribution in [-0.2, 0) is 6.42 Å². The molecule has 96 valence electrons. The Morgan fingerprint density at radius 1 is 1.11 bits per heavy atom. The third-order valence-electron chi connectivity index (χ3n) is 3.15. The van der Waals surface area contributed by atoms with Crippen LogP contribution in [0.25, 0.3) is 0 Å². The lowest BCUT2D eigenvalue weighted by Crippen LogP contribution is -2.27. The summed E-state index contributed by atoms with van der Waals surface area (Å²) in [6.07, 6.45) is 2.08. The van der Waals surface area contributed by atoms with E-state index in [0.717, 1.165) is 12.8 Å². The van der Waals surface area contributed by atoms with E-state index >= 15 is 0 Å². The second-order valence-corrected chi connectivity index (χ2v) is 6.01. The molecule has 1 heterocycles. The molecule has 0 saturated heterocycles. The maximum Gasteiger partial charge on any atom is 0.0556 e. The predicted octanol–water partition coefficient (Wildman–Crippen LogP) is 3.50. The van der Waals surface area contributed by atoms with Gasteiger partial charge in [0, 0.05) is 9.75 Å². The van der Waals surface area contributed by atoms with Crippen molar-refractivity contribution in [2.75, 3.05) is 0 Å². The average molecular weight is 260 g/mol. The summed E-state index contributed by atoms with van der Waals surface area (Å²) in [4.78, 5) is 2.66. The van der Waals surface area contributed by atoms with Gasteiger partial charge in [-0.3, -0.25) is 11.3 Å². The molecule has 0 aliphatic heterocycles. The van der Waals surface area contributed by atoms with E-state index in [0.29, 0.717) is 0 Å². The zero-order valence-corrected chi connectivity index (χ0v) is 11.8. The Labute approximate surface area is 113 Å². The van der Waals surface area contributed by atoms with Crippen LogP contribution in [-0.4, -0.2) is 0 Å². The van der Waals surface area contributed by atoms with Gasteiger partial charge in [0.15, 0.2) is 0 Å². The summed E-state index contributed by atoms with van der Waals surface area (Å²) < 4.78 is 0. The minimum Gasteiger partial charge on any atom is -0.271 e. The molecule has 18 heavy (non-hydrogen) atoms. The van der Waals surface area contributed by atoms with Crippen LogP contribution in [0.3, 0.4) is 0 Å². The second-order valence-electron chi connectivity index (χ2n) is 4.69. The van der Waals surface area contributed by atoms with Crippen LogP contribution in [0, 0.1) is 13.8 Å². The molecule has 0 aliphatic carbocycles. The van der Waals surface area contributed by atoms with E-state index in [9.17, 15) is 0 Å². The van der Waals surface area contributed by atoms with E-state index in [1.54, 1.807) is 0 Å². The first-order valence-corrected chi connectivity index (χ1v) is 7.08. The molecule has 0 amide bonds. The molecule has 0 fully saturated rings. The number of hydrogen-bond donors (Lipinski definition) is 2. The fourth-order valence-corrected chi connectivity index (χ4v) is 2.99. The van der Waals surface area contributed by atoms with Gasteiger partial charge < -0.3 is 0 Å². The maximum absolute atomic E-state index is 5.66. The van der Waals surface area contributed by atoms with Crippen LogP contribution < -0.4 is 11.3 Å². The molecule has 0 spiro atoms. The van der Waals surface area contributed by atoms with Gasteiger partial charge in [0.25, 0.3) is 0 Å². The largest absolute Gasteiger partial charge is 0.271 e. The van der Waals surface area contributed by atoms with E-state index in [1.807, 2.05) is 11.3 Å². The van der Waals surface area contributed by atoms with Crippen molar-refractivity contribution in [1.82, 2.24) is 5.43 Å². The van der Waals surface area contributed by atoms with Crippen molar-refractivity contribution in [1.29, 1.82) is 0 Å². The highest BCUT2D eigenvalue weighted by atomic mass is 32.1. The maximum atomic E-state index is 5.66. The lowest BCUT2D eigenvalue weighted by atomic mass is 10.0. The third-order valence-corrected chi connectivity index (χ3v) is 4.26. The van der Waals surface area contributed by atoms with E-state index in [2.05, 4.69) is 55.7 Å². The molecule has 3 N–H and O–H groups in total. The van der Waals surface area contributed by atoms with E-state index < -0.39 is 0 Å². The van der Waals surface area contributed by atoms with Crippen LogP contribution in [0.15, 0.2) is 36.4 Å². The van der Waals surface area contributed by atoms with Gasteiger partial charge in [0.05, 0.1) is 6.04 Å². The minimum atomic E-state index is 0.255. The van der Waals surface area contributed by atoms with Crippen molar-refractivity contribution in [3.05, 3.63) is 57.3 Å². The summed E-state index contributed by atoms with van der Waals surface area (Å²) in [6.45, 7) is 4.24. The summed E-state index contributed by atoms with van der Waals surface area (Å²) in [5.41, 5.74) is 5.60. The predicted molar refractivity (Wildman–Crippen MR) is 78.6 cm³/mol. The Morgan fingerprint density at radius 3 is 2.39 bits per heavy atom. The second kappa shape index (κ2) is 6.14. The van der Waals surface area contributed by atoms with Gasteiger partial charge in [0.1, 0.15) is 0 Å². The highest BCUT2D eigenvalue weighted by molar-refractivity contribution is 7.12. The fraction of sp³-hybridized carbons (Fsp3) is 0.333. The molecule has 1 aromatic carbocycles. The molecule has 2 nitrogen and oxygen atoms in total. The monoisotopic (exact) mass is 260 g/mol. The van der Waals surface area contributed by atoms with Crippen molar-refractivity contribution >= 4 is 11.3 Å². The zero-order chi connectivity index (χ0) is 13.0. The van der Waals surface area contributed by atoms with E-state index in [1.165, 1.54) is 20.9 Å². The Kier molecular flexibility index (Phi) is 4.53. The number of thiophene rings is 1. The van der Waals surface area contributed by atoms with Crippen LogP contribution in [0.2, 0.25) is 0 Å². The number of hydrazine groups is 1. The third kappa shape index (κ3) is 3.42. The quantitative estimate of drug-likeness (QED) is 0.638. The molecular formula is C15H20N2S. The molecule has 2 aromatic rings. The topological polar surface area (TPSA) is 38.0 Å². The molecule has 3 heteroatoms. The number of aryl methyl sites for hydroxylation is 3. The Bertz CT molecular complexity index is 487. The van der Waals surface area contributed by atoms with Gasteiger partial charge in [-0.25, -0.2) is 0 Å². The molecule has 1 unspecified atom stereocenters. The first-order chi connectivity index (χ1) is 8.69. The Morgan fingerprint density at radius 2 is 1.83 bits per heavy atom. The van der Waals surface area contributed by atoms with Crippen molar-refractivity contribution in [2.24, 2.45) is 5.84 Å². The van der Waals surface area contributed by atoms with Crippen molar-refractivity contribution in [3.63, 3.8) is 0 Å². The smallest absolute Gasteiger partial charge is 0.0556 e. The highest BCUT2D eigenvalue weighted by Crippen LogP contribution is 2.25. The molecule has 0 saturated carbocycles. The molecule has 1 atom stereocenters. The molecular weight excluding hydrogens is 240 g/mol. The number of hydrogen-bond acceptors (Lipinski definition) is 3. The van der Waals surface area contributed by atoms with Crippen molar-refractivity contribution in [3.8, 4) is 0 Å². The van der Waals surface area contributed by atoms with Gasteiger partial charge in [-0.2, -0.15) is 0 Å². The number of nitrogens with two attached hydrogens (primary N) is 1. The van der Waals surface area contributed by atoms with Crippen LogP contribution in [0.1, 0.15) is 33.3 Å². The summed E-state index contributed by atoms with van der Waals surface area (Å²) in [5.74, 6) is 5.66. The van der Waals surface area contributed by atoms with E-state index in [-0.39, 0.29) is 6.04 Å². The number of benzene rings is 1. The highest BCUT2D eigenvalue weighted by Gasteiger charge is 2.11. The average Bonchev–Trinajstić information content (AvgIpc) is 2.79. The lowest BCUT2D eigenvalue weighted by Gasteiger charge is -2.14. The molecule has 1 aromatic heterocycles. The van der Waals surface area contributed by atoms with Crippen LogP contribution >= 0.6 is 11.3 Å². The number of nitrogens with one attached hydrogen (secondary N) is 1. The van der Waals surface area contributed by atoms with Gasteiger partial charge >= 0.3 is 0 Å². The van der Waals surface area contributed by atoms with Gasteiger partial charge in [-0.05, 0) is 44.4 Å². The minimum absolute atomic E-state index is 0.255. The zero-order valence-electron chi connectivity index (χ0n) is 10.9. The first-order valence-electron chi connectivity index (χ1n) is 6.27. The van der Waals surface area contributed by atoms with Crippen LogP contribution in [0.5, 0.6) is 0 Å². The summed E-state index contributed by atoms with van der Waals surface area (Å²) in [5, 5.41) is 0. The number of rotatable bonds is 5. The summed E-state index contributed by atoms with van der Waals surface area (Å²) in [7, 11) is 0. The van der Waals surface area contributed by atoms with Gasteiger partial charge in [0.2, 0.25) is 0 Å². The standard InChI is InChI=1S/C15H20N2S/c1-11-3-6-13(7-4-11)8-9-14(17-16)15-10-5-12(2)18-15/h3-7,10,14,17H,8-9,16H2,1-2H3. The Balaban J connectivity index is 1.97. The van der Waals surface area contributed by atoms with Crippen molar-refractivity contribution in [2.45, 2.75) is 32.7 Å². The SMILES string of the molecule is Cc1ccc(CCC(NN)c2ccc(C)s2)cc1. The molecule has 0 bridgehead atoms. The van der Waals surface area contributed by atoms with Gasteiger partial charge in [-0.1, -0.05) is 29.8 Å². The molecule has 0 radical (unpaired) electrons. The van der Waals surface area contributed by atoms with E-state index in [4.69, 9.17) is 5.84 Å². The summed E-state index contributed by atoms with van der Waals surface area (Å²) >= 11 is 1.82. The molecule has 2 rings (SSSR count). The first kappa shape index (κ1) is 13.3. The fourth-order valence-electron chi connectivity index (χ4n) is 2.01. The Hall–Kier alpha value is -1.16. The van der Waals surface area contributed by atoms with Gasteiger partial charge in [-0.15, -0.1) is 11.3 Å².